The average Bonchev–Trinajstić information content (AvgIpc) is 3.30. The fourth-order valence-corrected chi connectivity index (χ4v) is 6.18. The third-order valence-electron chi connectivity index (χ3n) is 7.08. The molecule has 19 heteroatoms. The number of aliphatic hydroxyl groups is 1. The number of benzene rings is 2. The van der Waals surface area contributed by atoms with Gasteiger partial charge in [0.25, 0.3) is 5.91 Å². The van der Waals surface area contributed by atoms with Crippen LogP contribution in [0.3, 0.4) is 0 Å². The maximum atomic E-state index is 15.4. The number of rotatable bonds is 15. The molecule has 272 valence electrons. The molecule has 1 aliphatic rings. The Kier molecular flexibility index (Phi) is 12.2. The zero-order valence-electron chi connectivity index (χ0n) is 27.8. The topological polar surface area (TPSA) is 195 Å². The lowest BCUT2D eigenvalue weighted by Gasteiger charge is -2.25. The summed E-state index contributed by atoms with van der Waals surface area (Å²) in [5, 5.41) is 15.3. The summed E-state index contributed by atoms with van der Waals surface area (Å²) in [6, 6.07) is 10.4. The fraction of sp³-hybridized carbons (Fsp3) is 0.419. The first kappa shape index (κ1) is 38.2. The Morgan fingerprint density at radius 3 is 2.24 bits per heavy atom. The molecule has 1 amide bonds. The average molecular weight is 727 g/mol. The lowest BCUT2D eigenvalue weighted by Crippen LogP contribution is -2.42. The molecule has 2 heterocycles. The summed E-state index contributed by atoms with van der Waals surface area (Å²) in [4.78, 5) is 42.1. The first-order chi connectivity index (χ1) is 23.6. The molecule has 2 unspecified atom stereocenters. The third kappa shape index (κ3) is 8.75. The molecule has 3 N–H and O–H groups in total. The van der Waals surface area contributed by atoms with E-state index in [0.717, 1.165) is 12.3 Å². The van der Waals surface area contributed by atoms with Gasteiger partial charge in [-0.05, 0) is 39.0 Å². The number of para-hydroxylation sites is 1. The van der Waals surface area contributed by atoms with Crippen molar-refractivity contribution in [3.8, 4) is 23.0 Å². The lowest BCUT2D eigenvalue weighted by molar-refractivity contribution is -0.149. The van der Waals surface area contributed by atoms with E-state index in [-0.39, 0.29) is 28.6 Å². The van der Waals surface area contributed by atoms with Gasteiger partial charge in [0, 0.05) is 18.3 Å². The molecule has 16 nitrogen and oxygen atoms in total. The molecule has 0 aliphatic carbocycles. The molecule has 1 saturated heterocycles. The van der Waals surface area contributed by atoms with Crippen molar-refractivity contribution in [3.05, 3.63) is 70.8 Å². The zero-order valence-corrected chi connectivity index (χ0v) is 28.7. The molecule has 1 aliphatic heterocycles. The van der Waals surface area contributed by atoms with E-state index in [9.17, 15) is 24.1 Å². The number of aliphatic hydroxyl groups excluding tert-OH is 1. The van der Waals surface area contributed by atoms with Crippen LogP contribution in [0, 0.1) is 0 Å². The zero-order chi connectivity index (χ0) is 36.8. The standard InChI is InChI=1S/C31H37F2N4O12P/c1-17(2)47-28(40)18(3)36-50(42,49-19-10-8-7-9-11-19)46-16-23-26(38)31(32,33)29(48-23)37-13-12-24(35-30(37)41)34-27(39)25-21(44-5)14-20(43-4)15-22(25)45-6/h7-15,17-18,23,26,29,38H,16H2,1-6H3,(H,36,42)(H,34,35,39,41)/t18-,23-,26-,29?,50?/m1/s1. The van der Waals surface area contributed by atoms with Gasteiger partial charge >= 0.3 is 25.3 Å². The number of halogens is 2. The number of nitrogens with one attached hydrogen (secondary N) is 2. The van der Waals surface area contributed by atoms with Gasteiger partial charge in [-0.15, -0.1) is 0 Å². The molecule has 1 aromatic heterocycles. The Morgan fingerprint density at radius 1 is 1.04 bits per heavy atom. The number of nitrogens with zero attached hydrogens (tertiary/aromatic N) is 2. The van der Waals surface area contributed by atoms with Crippen LogP contribution in [0.4, 0.5) is 14.6 Å². The predicted molar refractivity (Wildman–Crippen MR) is 172 cm³/mol. The van der Waals surface area contributed by atoms with Gasteiger partial charge in [-0.2, -0.15) is 18.9 Å². The molecule has 3 aromatic rings. The van der Waals surface area contributed by atoms with Crippen molar-refractivity contribution < 1.29 is 60.8 Å². The molecule has 5 atom stereocenters. The van der Waals surface area contributed by atoms with Gasteiger partial charge in [-0.3, -0.25) is 18.7 Å². The van der Waals surface area contributed by atoms with E-state index in [0.29, 0.717) is 10.3 Å². The van der Waals surface area contributed by atoms with E-state index in [4.69, 9.17) is 32.7 Å². The van der Waals surface area contributed by atoms with E-state index in [1.165, 1.54) is 52.5 Å². The normalized spacial score (nSPS) is 20.0. The summed E-state index contributed by atoms with van der Waals surface area (Å²) in [7, 11) is -0.476. The highest BCUT2D eigenvalue weighted by molar-refractivity contribution is 7.52. The lowest BCUT2D eigenvalue weighted by atomic mass is 10.1. The second-order valence-electron chi connectivity index (χ2n) is 11.0. The molecular formula is C31H37F2N4O12P. The highest BCUT2D eigenvalue weighted by Crippen LogP contribution is 2.48. The van der Waals surface area contributed by atoms with Crippen LogP contribution in [-0.4, -0.2) is 84.7 Å². The summed E-state index contributed by atoms with van der Waals surface area (Å²) in [6.07, 6.45) is -6.40. The SMILES string of the molecule is COc1cc(OC)c(C(=O)Nc2ccn(C3O[C@H](COP(=O)(N[C@H](C)C(=O)OC(C)C)Oc4ccccc4)[C@@H](O)C3(F)F)c(=O)n2)c(OC)c1. The smallest absolute Gasteiger partial charge is 0.459 e. The van der Waals surface area contributed by atoms with Crippen LogP contribution in [-0.2, 0) is 23.4 Å². The maximum Gasteiger partial charge on any atom is 0.459 e. The minimum absolute atomic E-state index is 0.0533. The molecule has 0 spiro atoms. The Morgan fingerprint density at radius 2 is 1.68 bits per heavy atom. The number of anilines is 1. The van der Waals surface area contributed by atoms with Crippen molar-refractivity contribution in [1.29, 1.82) is 0 Å². The monoisotopic (exact) mass is 726 g/mol. The molecular weight excluding hydrogens is 689 g/mol. The first-order valence-electron chi connectivity index (χ1n) is 15.0. The van der Waals surface area contributed by atoms with Crippen LogP contribution in [0.25, 0.3) is 0 Å². The Balaban J connectivity index is 1.52. The summed E-state index contributed by atoms with van der Waals surface area (Å²) in [6.45, 7) is 3.62. The fourth-order valence-electron chi connectivity index (χ4n) is 4.68. The molecule has 0 saturated carbocycles. The number of alkyl halides is 2. The van der Waals surface area contributed by atoms with Crippen molar-refractivity contribution in [3.63, 3.8) is 0 Å². The van der Waals surface area contributed by atoms with Crippen molar-refractivity contribution in [2.45, 2.75) is 57.3 Å². The number of ether oxygens (including phenoxy) is 5. The molecule has 2 aromatic carbocycles. The Bertz CT molecular complexity index is 1750. The second kappa shape index (κ2) is 15.9. The van der Waals surface area contributed by atoms with Gasteiger partial charge in [0.1, 0.15) is 46.5 Å². The molecule has 50 heavy (non-hydrogen) atoms. The van der Waals surface area contributed by atoms with E-state index >= 15 is 8.78 Å². The third-order valence-corrected chi connectivity index (χ3v) is 8.72. The van der Waals surface area contributed by atoms with Crippen molar-refractivity contribution in [2.75, 3.05) is 33.3 Å². The summed E-state index contributed by atoms with van der Waals surface area (Å²) in [5.41, 5.74) is -1.33. The van der Waals surface area contributed by atoms with Crippen molar-refractivity contribution in [2.24, 2.45) is 0 Å². The van der Waals surface area contributed by atoms with E-state index in [1.807, 2.05) is 0 Å². The van der Waals surface area contributed by atoms with Gasteiger partial charge in [0.15, 0.2) is 6.10 Å². The molecule has 0 radical (unpaired) electrons. The number of methoxy groups -OCH3 is 3. The summed E-state index contributed by atoms with van der Waals surface area (Å²) >= 11 is 0. The Labute approximate surface area is 285 Å². The second-order valence-corrected chi connectivity index (χ2v) is 12.7. The molecule has 4 rings (SSSR count). The van der Waals surface area contributed by atoms with E-state index < -0.39 is 68.4 Å². The number of esters is 1. The highest BCUT2D eigenvalue weighted by atomic mass is 31.2. The Hall–Kier alpha value is -4.61. The summed E-state index contributed by atoms with van der Waals surface area (Å²) < 4.78 is 82.0. The van der Waals surface area contributed by atoms with Gasteiger partial charge in [-0.1, -0.05) is 18.2 Å². The minimum atomic E-state index is -4.51. The predicted octanol–water partition coefficient (Wildman–Crippen LogP) is 3.55. The van der Waals surface area contributed by atoms with Crippen LogP contribution < -0.4 is 34.8 Å². The van der Waals surface area contributed by atoms with Crippen molar-refractivity contribution in [1.82, 2.24) is 14.6 Å². The van der Waals surface area contributed by atoms with Crippen LogP contribution in [0.15, 0.2) is 59.5 Å². The van der Waals surface area contributed by atoms with Crippen LogP contribution in [0.2, 0.25) is 0 Å². The summed E-state index contributed by atoms with van der Waals surface area (Å²) in [5.74, 6) is -5.45. The van der Waals surface area contributed by atoms with Gasteiger partial charge in [-0.25, -0.2) is 9.36 Å². The van der Waals surface area contributed by atoms with Gasteiger partial charge in [0.2, 0.25) is 6.23 Å². The first-order valence-corrected chi connectivity index (χ1v) is 16.6. The molecule has 1 fully saturated rings. The largest absolute Gasteiger partial charge is 0.496 e. The van der Waals surface area contributed by atoms with E-state index in [2.05, 4.69) is 15.4 Å². The van der Waals surface area contributed by atoms with Crippen LogP contribution in [0.5, 0.6) is 23.0 Å². The van der Waals surface area contributed by atoms with E-state index in [1.54, 1.807) is 32.0 Å². The quantitative estimate of drug-likeness (QED) is 0.152. The molecule has 0 bridgehead atoms. The number of amides is 1. The van der Waals surface area contributed by atoms with Crippen LogP contribution >= 0.6 is 7.75 Å². The number of carbonyl (C=O) groups excluding carboxylic acids is 2. The van der Waals surface area contributed by atoms with Gasteiger partial charge < -0.3 is 38.6 Å². The number of hydrogen-bond donors (Lipinski definition) is 3. The van der Waals surface area contributed by atoms with Crippen LogP contribution in [0.1, 0.15) is 37.4 Å². The van der Waals surface area contributed by atoms with Crippen molar-refractivity contribution >= 4 is 25.4 Å². The number of carbonyl (C=O) groups is 2. The number of aromatic nitrogens is 2. The minimum Gasteiger partial charge on any atom is -0.496 e. The van der Waals surface area contributed by atoms with Gasteiger partial charge in [0.05, 0.1) is 34.0 Å². The number of hydrogen-bond acceptors (Lipinski definition) is 13. The highest BCUT2D eigenvalue weighted by Gasteiger charge is 2.60. The maximum absolute atomic E-state index is 15.4.